The lowest BCUT2D eigenvalue weighted by molar-refractivity contribution is -0.0522. The van der Waals surface area contributed by atoms with Crippen molar-refractivity contribution in [3.05, 3.63) is 23.3 Å². The quantitative estimate of drug-likeness (QED) is 0.737. The third-order valence-corrected chi connectivity index (χ3v) is 6.68. The average molecular weight is 372 g/mol. The number of halogens is 2. The van der Waals surface area contributed by atoms with Crippen molar-refractivity contribution >= 4 is 15.6 Å². The Hall–Kier alpha value is -1.50. The summed E-state index contributed by atoms with van der Waals surface area (Å²) in [5.41, 5.74) is 0.443. The highest BCUT2D eigenvalue weighted by molar-refractivity contribution is 7.90. The van der Waals surface area contributed by atoms with Crippen LogP contribution in [0.2, 0.25) is 0 Å². The maximum atomic E-state index is 12.9. The molecule has 0 aromatic heterocycles. The number of carbonyl (C=O) groups excluding carboxylic acids is 1. The van der Waals surface area contributed by atoms with E-state index in [4.69, 9.17) is 0 Å². The summed E-state index contributed by atoms with van der Waals surface area (Å²) in [6.45, 7) is 0.451. The van der Waals surface area contributed by atoms with Crippen LogP contribution in [-0.2, 0) is 9.84 Å². The van der Waals surface area contributed by atoms with Crippen LogP contribution in [0.1, 0.15) is 42.1 Å². The van der Waals surface area contributed by atoms with Gasteiger partial charge in [0.2, 0.25) is 0 Å². The number of hydrogen-bond acceptors (Lipinski definition) is 4. The zero-order valence-corrected chi connectivity index (χ0v) is 15.3. The first-order chi connectivity index (χ1) is 11.6. The van der Waals surface area contributed by atoms with E-state index in [0.717, 1.165) is 31.4 Å². The van der Waals surface area contributed by atoms with Crippen LogP contribution in [0.25, 0.3) is 0 Å². The summed E-state index contributed by atoms with van der Waals surface area (Å²) in [5.74, 6) is 1.13. The van der Waals surface area contributed by atoms with E-state index in [9.17, 15) is 22.0 Å². The van der Waals surface area contributed by atoms with Crippen molar-refractivity contribution < 1.29 is 26.7 Å². The first kappa shape index (κ1) is 18.3. The highest BCUT2D eigenvalue weighted by Crippen LogP contribution is 2.55. The molecule has 4 nitrogen and oxygen atoms in total. The van der Waals surface area contributed by atoms with Gasteiger partial charge in [-0.05, 0) is 56.1 Å². The summed E-state index contributed by atoms with van der Waals surface area (Å²) in [6, 6.07) is 2.62. The minimum Gasteiger partial charge on any atom is -0.433 e. The molecule has 0 aliphatic heterocycles. The fourth-order valence-electron chi connectivity index (χ4n) is 4.22. The molecule has 0 spiro atoms. The summed E-state index contributed by atoms with van der Waals surface area (Å²) in [5, 5.41) is 0. The van der Waals surface area contributed by atoms with Gasteiger partial charge in [0.1, 0.15) is 10.6 Å². The minimum atomic E-state index is -3.75. The molecule has 25 heavy (non-hydrogen) atoms. The Balaban J connectivity index is 1.97. The molecule has 4 unspecified atom stereocenters. The lowest BCUT2D eigenvalue weighted by atomic mass is 9.78. The Bertz CT molecular complexity index is 804. The molecular weight excluding hydrogens is 350 g/mol. The van der Waals surface area contributed by atoms with Gasteiger partial charge in [-0.1, -0.05) is 6.92 Å². The molecule has 1 aromatic carbocycles. The van der Waals surface area contributed by atoms with Crippen LogP contribution in [0.4, 0.5) is 8.78 Å². The summed E-state index contributed by atoms with van der Waals surface area (Å²) in [4.78, 5) is 12.6. The zero-order chi connectivity index (χ0) is 18.5. The van der Waals surface area contributed by atoms with Crippen molar-refractivity contribution in [2.75, 3.05) is 6.26 Å². The molecule has 3 rings (SSSR count). The number of ketones is 1. The standard InChI is InChI=1S/C18H22F2O4S/c1-9-6-12(7-11-8-14(9)11)16(21)13-4-5-15(25(3,22)23)17(10(13)2)24-18(19)20/h4-5,9,11-12,14,18H,6-8H2,1-3H3. The van der Waals surface area contributed by atoms with Gasteiger partial charge in [-0.2, -0.15) is 8.78 Å². The molecule has 2 aliphatic carbocycles. The molecule has 0 radical (unpaired) electrons. The van der Waals surface area contributed by atoms with Gasteiger partial charge in [0, 0.05) is 23.3 Å². The van der Waals surface area contributed by atoms with Crippen LogP contribution in [-0.4, -0.2) is 27.1 Å². The number of hydrogen-bond donors (Lipinski definition) is 0. The molecule has 7 heteroatoms. The molecular formula is C18H22F2O4S. The highest BCUT2D eigenvalue weighted by atomic mass is 32.2. The fourth-order valence-corrected chi connectivity index (χ4v) is 5.07. The van der Waals surface area contributed by atoms with Crippen LogP contribution in [0.15, 0.2) is 17.0 Å². The van der Waals surface area contributed by atoms with Gasteiger partial charge in [-0.25, -0.2) is 8.42 Å². The van der Waals surface area contributed by atoms with Gasteiger partial charge in [0.05, 0.1) is 0 Å². The van der Waals surface area contributed by atoms with E-state index in [2.05, 4.69) is 11.7 Å². The highest BCUT2D eigenvalue weighted by Gasteiger charge is 2.48. The number of fused-ring (bicyclic) bond motifs is 1. The van der Waals surface area contributed by atoms with E-state index >= 15 is 0 Å². The number of carbonyl (C=O) groups is 1. The number of benzene rings is 1. The maximum absolute atomic E-state index is 12.9. The molecule has 138 valence electrons. The van der Waals surface area contributed by atoms with E-state index in [0.29, 0.717) is 11.8 Å². The Morgan fingerprint density at radius 3 is 2.48 bits per heavy atom. The second-order valence-electron chi connectivity index (χ2n) is 7.39. The van der Waals surface area contributed by atoms with Gasteiger partial charge >= 0.3 is 6.61 Å². The van der Waals surface area contributed by atoms with Crippen molar-refractivity contribution in [2.24, 2.45) is 23.7 Å². The topological polar surface area (TPSA) is 60.4 Å². The first-order valence-electron chi connectivity index (χ1n) is 8.42. The molecule has 0 saturated heterocycles. The summed E-state index contributed by atoms with van der Waals surface area (Å²) >= 11 is 0. The van der Waals surface area contributed by atoms with Gasteiger partial charge < -0.3 is 4.74 Å². The molecule has 0 heterocycles. The largest absolute Gasteiger partial charge is 0.433 e. The molecule has 0 bridgehead atoms. The lowest BCUT2D eigenvalue weighted by Crippen LogP contribution is -2.24. The molecule has 4 atom stereocenters. The summed E-state index contributed by atoms with van der Waals surface area (Å²) in [6.07, 6.45) is 3.71. The predicted octanol–water partition coefficient (Wildman–Crippen LogP) is 3.86. The van der Waals surface area contributed by atoms with Gasteiger partial charge in [-0.15, -0.1) is 0 Å². The Morgan fingerprint density at radius 1 is 1.24 bits per heavy atom. The van der Waals surface area contributed by atoms with Crippen molar-refractivity contribution in [3.8, 4) is 5.75 Å². The molecule has 2 aliphatic rings. The van der Waals surface area contributed by atoms with E-state index in [1.807, 2.05) is 0 Å². The number of ether oxygens (including phenoxy) is 1. The van der Waals surface area contributed by atoms with Crippen LogP contribution in [0.5, 0.6) is 5.75 Å². The molecule has 2 fully saturated rings. The van der Waals surface area contributed by atoms with Crippen LogP contribution >= 0.6 is 0 Å². The van der Waals surface area contributed by atoms with E-state index < -0.39 is 22.2 Å². The van der Waals surface area contributed by atoms with Crippen LogP contribution in [0, 0.1) is 30.6 Å². The zero-order valence-electron chi connectivity index (χ0n) is 14.5. The lowest BCUT2D eigenvalue weighted by Gasteiger charge is -2.26. The monoisotopic (exact) mass is 372 g/mol. The average Bonchev–Trinajstić information content (AvgIpc) is 3.27. The van der Waals surface area contributed by atoms with Gasteiger partial charge in [-0.3, -0.25) is 4.79 Å². The normalized spacial score (nSPS) is 28.6. The third kappa shape index (κ3) is 3.57. The van der Waals surface area contributed by atoms with Crippen molar-refractivity contribution in [2.45, 2.75) is 44.6 Å². The molecule has 0 N–H and O–H groups in total. The van der Waals surface area contributed by atoms with Crippen molar-refractivity contribution in [1.82, 2.24) is 0 Å². The van der Waals surface area contributed by atoms with Crippen molar-refractivity contribution in [3.63, 3.8) is 0 Å². The summed E-state index contributed by atoms with van der Waals surface area (Å²) in [7, 11) is -3.75. The second kappa shape index (κ2) is 6.34. The Labute approximate surface area is 146 Å². The van der Waals surface area contributed by atoms with E-state index in [-0.39, 0.29) is 27.7 Å². The van der Waals surface area contributed by atoms with E-state index in [1.165, 1.54) is 19.1 Å². The first-order valence-corrected chi connectivity index (χ1v) is 10.3. The summed E-state index contributed by atoms with van der Waals surface area (Å²) < 4.78 is 53.7. The predicted molar refractivity (Wildman–Crippen MR) is 88.7 cm³/mol. The number of Topliss-reactive ketones (excluding diaryl/α,β-unsaturated/α-hetero) is 1. The number of rotatable bonds is 5. The Morgan fingerprint density at radius 2 is 1.92 bits per heavy atom. The smallest absolute Gasteiger partial charge is 0.387 e. The van der Waals surface area contributed by atoms with Crippen molar-refractivity contribution in [1.29, 1.82) is 0 Å². The van der Waals surface area contributed by atoms with Crippen LogP contribution < -0.4 is 4.74 Å². The molecule has 0 amide bonds. The Kier molecular flexibility index (Phi) is 4.64. The van der Waals surface area contributed by atoms with Gasteiger partial charge in [0.25, 0.3) is 0 Å². The molecule has 2 saturated carbocycles. The minimum absolute atomic E-state index is 0.103. The second-order valence-corrected chi connectivity index (χ2v) is 9.37. The van der Waals surface area contributed by atoms with Crippen LogP contribution in [0.3, 0.4) is 0 Å². The SMILES string of the molecule is Cc1c(C(=O)C2CC(C)C3CC3C2)ccc(S(C)(=O)=O)c1OC(F)F. The molecule has 1 aromatic rings. The fraction of sp³-hybridized carbons (Fsp3) is 0.611. The maximum Gasteiger partial charge on any atom is 0.387 e. The number of sulfone groups is 1. The number of alkyl halides is 2. The van der Waals surface area contributed by atoms with E-state index in [1.54, 1.807) is 0 Å². The third-order valence-electron chi connectivity index (χ3n) is 5.56. The van der Waals surface area contributed by atoms with Gasteiger partial charge in [0.15, 0.2) is 15.6 Å².